The van der Waals surface area contributed by atoms with Crippen molar-refractivity contribution in [2.45, 2.75) is 13.5 Å². The van der Waals surface area contributed by atoms with Crippen molar-refractivity contribution < 1.29 is 14.3 Å². The molecule has 0 bridgehead atoms. The van der Waals surface area contributed by atoms with Crippen molar-refractivity contribution in [2.24, 2.45) is 0 Å². The minimum Gasteiger partial charge on any atom is -0.461 e. The molecule has 2 aromatic rings. The van der Waals surface area contributed by atoms with E-state index >= 15 is 0 Å². The Morgan fingerprint density at radius 1 is 1.45 bits per heavy atom. The fourth-order valence-corrected chi connectivity index (χ4v) is 3.23. The Morgan fingerprint density at radius 3 is 2.95 bits per heavy atom. The summed E-state index contributed by atoms with van der Waals surface area (Å²) in [4.78, 5) is 30.4. The number of rotatable bonds is 2. The first kappa shape index (κ1) is 15.0. The van der Waals surface area contributed by atoms with E-state index in [1.54, 1.807) is 29.8 Å². The summed E-state index contributed by atoms with van der Waals surface area (Å²) in [7, 11) is 1.72. The molecule has 3 rings (SSSR count). The van der Waals surface area contributed by atoms with E-state index in [9.17, 15) is 9.59 Å². The second kappa shape index (κ2) is 5.71. The van der Waals surface area contributed by atoms with E-state index in [0.717, 1.165) is 9.26 Å². The molecule has 0 N–H and O–H groups in total. The number of aromatic nitrogens is 2. The number of hydrogen-bond donors (Lipinski definition) is 0. The lowest BCUT2D eigenvalue weighted by Gasteiger charge is -2.15. The van der Waals surface area contributed by atoms with Crippen molar-refractivity contribution in [2.75, 3.05) is 13.7 Å². The number of amides is 1. The molecule has 0 atom stereocenters. The van der Waals surface area contributed by atoms with Gasteiger partial charge in [-0.1, -0.05) is 6.07 Å². The lowest BCUT2D eigenvalue weighted by molar-refractivity contribution is 0.0516. The van der Waals surface area contributed by atoms with Crippen LogP contribution in [0.4, 0.5) is 0 Å². The Balaban J connectivity index is 2.22. The topological polar surface area (TPSA) is 64.4 Å². The molecule has 1 aromatic heterocycles. The van der Waals surface area contributed by atoms with Crippen LogP contribution >= 0.6 is 22.6 Å². The Kier molecular flexibility index (Phi) is 3.90. The predicted octanol–water partition coefficient (Wildman–Crippen LogP) is 2.24. The molecule has 22 heavy (non-hydrogen) atoms. The Morgan fingerprint density at radius 2 is 2.23 bits per heavy atom. The summed E-state index contributed by atoms with van der Waals surface area (Å²) in [5, 5.41) is 0. The maximum absolute atomic E-state index is 12.6. The second-order valence-corrected chi connectivity index (χ2v) is 6.09. The largest absolute Gasteiger partial charge is 0.461 e. The molecule has 0 fully saturated rings. The zero-order valence-corrected chi connectivity index (χ0v) is 14.3. The zero-order chi connectivity index (χ0) is 15.9. The Hall–Kier alpha value is -1.90. The van der Waals surface area contributed by atoms with Gasteiger partial charge in [0.25, 0.3) is 5.91 Å². The first-order chi connectivity index (χ1) is 10.5. The average Bonchev–Trinajstić information content (AvgIpc) is 2.85. The van der Waals surface area contributed by atoms with Crippen LogP contribution in [0.3, 0.4) is 0 Å². The molecule has 0 saturated carbocycles. The van der Waals surface area contributed by atoms with Crippen LogP contribution < -0.4 is 0 Å². The van der Waals surface area contributed by atoms with Crippen molar-refractivity contribution in [1.29, 1.82) is 0 Å². The molecular formula is C15H14IN3O3. The highest BCUT2D eigenvalue weighted by Gasteiger charge is 2.29. The summed E-state index contributed by atoms with van der Waals surface area (Å²) in [5.74, 6) is -0.537. The molecule has 1 aliphatic heterocycles. The summed E-state index contributed by atoms with van der Waals surface area (Å²) < 4.78 is 7.71. The average molecular weight is 405 g/mol. The smallest absolute Gasteiger partial charge is 0.358 e. The van der Waals surface area contributed by atoms with E-state index < -0.39 is 5.97 Å². The molecule has 0 spiro atoms. The number of esters is 1. The number of fused-ring (bicyclic) bond motifs is 3. The van der Waals surface area contributed by atoms with Crippen molar-refractivity contribution in [1.82, 2.24) is 14.5 Å². The summed E-state index contributed by atoms with van der Waals surface area (Å²) in [5.41, 5.74) is 2.28. The van der Waals surface area contributed by atoms with E-state index in [1.807, 2.05) is 18.2 Å². The third-order valence-electron chi connectivity index (χ3n) is 3.53. The summed E-state index contributed by atoms with van der Waals surface area (Å²) in [6.07, 6.45) is 1.57. The Labute approximate surface area is 141 Å². The van der Waals surface area contributed by atoms with Crippen LogP contribution in [0.1, 0.15) is 33.5 Å². The van der Waals surface area contributed by atoms with Gasteiger partial charge >= 0.3 is 5.97 Å². The van der Waals surface area contributed by atoms with Gasteiger partial charge in [0.1, 0.15) is 6.33 Å². The van der Waals surface area contributed by atoms with Crippen LogP contribution in [-0.2, 0) is 11.3 Å². The molecule has 0 aliphatic carbocycles. The minimum absolute atomic E-state index is 0.0708. The molecule has 6 nitrogen and oxygen atoms in total. The van der Waals surface area contributed by atoms with Crippen LogP contribution in [0.2, 0.25) is 0 Å². The van der Waals surface area contributed by atoms with Crippen molar-refractivity contribution in [3.63, 3.8) is 0 Å². The zero-order valence-electron chi connectivity index (χ0n) is 12.2. The first-order valence-corrected chi connectivity index (χ1v) is 7.90. The predicted molar refractivity (Wildman–Crippen MR) is 88.0 cm³/mol. The standard InChI is InChI=1S/C15H14IN3O3/c1-3-22-15(21)13-11-7-18(2)14(20)12-9(16)5-4-6-10(12)19(11)8-17-13/h4-6,8H,3,7H2,1-2H3/i16-6. The van der Waals surface area contributed by atoms with Crippen LogP contribution in [-0.4, -0.2) is 40.0 Å². The van der Waals surface area contributed by atoms with Gasteiger partial charge in [-0.15, -0.1) is 0 Å². The third kappa shape index (κ3) is 2.29. The monoisotopic (exact) mass is 405 g/mol. The summed E-state index contributed by atoms with van der Waals surface area (Å²) in [6, 6.07) is 5.63. The maximum atomic E-state index is 12.6. The fourth-order valence-electron chi connectivity index (χ4n) is 2.51. The quantitative estimate of drug-likeness (QED) is 0.568. The van der Waals surface area contributed by atoms with Gasteiger partial charge in [-0.25, -0.2) is 9.78 Å². The van der Waals surface area contributed by atoms with Crippen molar-refractivity contribution in [3.05, 3.63) is 45.0 Å². The number of imidazole rings is 1. The van der Waals surface area contributed by atoms with E-state index in [-0.39, 0.29) is 18.2 Å². The number of carbonyl (C=O) groups is 2. The fraction of sp³-hybridized carbons (Fsp3) is 0.267. The minimum atomic E-state index is -0.467. The second-order valence-electron chi connectivity index (χ2n) is 4.93. The molecule has 1 aromatic carbocycles. The number of hydrogen-bond acceptors (Lipinski definition) is 4. The molecule has 1 amide bonds. The summed E-state index contributed by atoms with van der Waals surface area (Å²) >= 11 is 2.15. The number of halogens is 1. The normalized spacial score (nSPS) is 13.4. The number of nitrogens with zero attached hydrogens (tertiary/aromatic N) is 3. The molecule has 0 radical (unpaired) electrons. The maximum Gasteiger partial charge on any atom is 0.358 e. The number of benzene rings is 1. The highest BCUT2D eigenvalue weighted by Crippen LogP contribution is 2.28. The number of carbonyl (C=O) groups excluding carboxylic acids is 2. The lowest BCUT2D eigenvalue weighted by Crippen LogP contribution is -2.26. The van der Waals surface area contributed by atoms with Gasteiger partial charge in [0, 0.05) is 10.6 Å². The highest BCUT2D eigenvalue weighted by atomic mass is 121. The molecular weight excluding hydrogens is 391 g/mol. The highest BCUT2D eigenvalue weighted by molar-refractivity contribution is 14.1. The molecule has 0 unspecified atom stereocenters. The van der Waals surface area contributed by atoms with E-state index in [2.05, 4.69) is 27.6 Å². The van der Waals surface area contributed by atoms with Gasteiger partial charge in [0.05, 0.1) is 30.1 Å². The van der Waals surface area contributed by atoms with Crippen LogP contribution in [0.5, 0.6) is 0 Å². The molecule has 2 heterocycles. The van der Waals surface area contributed by atoms with E-state index in [1.165, 1.54) is 0 Å². The van der Waals surface area contributed by atoms with E-state index in [4.69, 9.17) is 4.74 Å². The van der Waals surface area contributed by atoms with Crippen molar-refractivity contribution >= 4 is 34.5 Å². The number of ether oxygens (including phenoxy) is 1. The lowest BCUT2D eigenvalue weighted by atomic mass is 10.1. The van der Waals surface area contributed by atoms with Crippen LogP contribution in [0, 0.1) is 3.57 Å². The molecule has 1 aliphatic rings. The van der Waals surface area contributed by atoms with Crippen LogP contribution in [0.25, 0.3) is 5.69 Å². The van der Waals surface area contributed by atoms with Crippen molar-refractivity contribution in [3.8, 4) is 5.69 Å². The molecule has 7 heteroatoms. The van der Waals surface area contributed by atoms with Gasteiger partial charge in [-0.3, -0.25) is 9.36 Å². The summed E-state index contributed by atoms with van der Waals surface area (Å²) in [6.45, 7) is 2.34. The molecule has 0 saturated heterocycles. The van der Waals surface area contributed by atoms with Gasteiger partial charge in [-0.2, -0.15) is 0 Å². The van der Waals surface area contributed by atoms with Gasteiger partial charge in [0.15, 0.2) is 5.69 Å². The van der Waals surface area contributed by atoms with Gasteiger partial charge < -0.3 is 9.64 Å². The Bertz CT molecular complexity index is 769. The van der Waals surface area contributed by atoms with Gasteiger partial charge in [-0.05, 0) is 41.6 Å². The third-order valence-corrected chi connectivity index (χ3v) is 4.43. The van der Waals surface area contributed by atoms with Gasteiger partial charge in [0.2, 0.25) is 0 Å². The van der Waals surface area contributed by atoms with Crippen LogP contribution in [0.15, 0.2) is 24.5 Å². The SMILES string of the molecule is CCOC(=O)c1ncn2c1CN(C)C(=O)c1c([121I])cccc1-2. The molecule has 114 valence electrons. The van der Waals surface area contributed by atoms with E-state index in [0.29, 0.717) is 17.8 Å². The first-order valence-electron chi connectivity index (χ1n) is 6.82.